The Balaban J connectivity index is 2.30. The molecule has 2 amide bonds. The highest BCUT2D eigenvalue weighted by Crippen LogP contribution is 2.31. The second-order valence-corrected chi connectivity index (χ2v) is 6.51. The molecule has 3 N–H and O–H groups in total. The lowest BCUT2D eigenvalue weighted by molar-refractivity contribution is 0.0596. The number of aromatic amines is 1. The first-order chi connectivity index (χ1) is 13.4. The Morgan fingerprint density at radius 1 is 1.11 bits per heavy atom. The molecule has 1 saturated carbocycles. The summed E-state index contributed by atoms with van der Waals surface area (Å²) in [7, 11) is 3.40. The molecule has 0 radical (unpaired) electrons. The molecule has 154 valence electrons. The number of imide groups is 1. The van der Waals surface area contributed by atoms with Crippen molar-refractivity contribution < 1.29 is 28.6 Å². The summed E-state index contributed by atoms with van der Waals surface area (Å²) in [5, 5.41) is 10.8. The van der Waals surface area contributed by atoms with Crippen LogP contribution in [0.25, 0.3) is 0 Å². The SMILES string of the molecule is COC(=O)c1[nH]cc(CC2CCCCC2)c1NC(=N)N(C(=O)OC)C(=O)OC. The number of esters is 1. The Kier molecular flexibility index (Phi) is 7.42. The van der Waals surface area contributed by atoms with Crippen molar-refractivity contribution in [3.63, 3.8) is 0 Å². The first kappa shape index (κ1) is 21.3. The van der Waals surface area contributed by atoms with E-state index in [9.17, 15) is 14.4 Å². The number of ether oxygens (including phenoxy) is 3. The van der Waals surface area contributed by atoms with Gasteiger partial charge in [-0.3, -0.25) is 5.41 Å². The molecule has 28 heavy (non-hydrogen) atoms. The van der Waals surface area contributed by atoms with E-state index in [2.05, 4.69) is 19.8 Å². The fourth-order valence-corrected chi connectivity index (χ4v) is 3.35. The van der Waals surface area contributed by atoms with Crippen LogP contribution in [0.5, 0.6) is 0 Å². The lowest BCUT2D eigenvalue weighted by Crippen LogP contribution is -2.45. The quantitative estimate of drug-likeness (QED) is 0.309. The number of anilines is 1. The third-order valence-electron chi connectivity index (χ3n) is 4.77. The Bertz CT molecular complexity index is 722. The van der Waals surface area contributed by atoms with E-state index in [1.54, 1.807) is 6.20 Å². The number of amides is 2. The molecule has 0 spiro atoms. The minimum absolute atomic E-state index is 0.104. The van der Waals surface area contributed by atoms with Crippen LogP contribution in [0.4, 0.5) is 15.3 Å². The molecule has 10 nitrogen and oxygen atoms in total. The van der Waals surface area contributed by atoms with Gasteiger partial charge in [-0.15, -0.1) is 4.90 Å². The molecule has 1 aromatic rings. The number of methoxy groups -OCH3 is 3. The summed E-state index contributed by atoms with van der Waals surface area (Å²) in [4.78, 5) is 39.1. The summed E-state index contributed by atoms with van der Waals surface area (Å²) in [6.07, 6.45) is 5.92. The third-order valence-corrected chi connectivity index (χ3v) is 4.77. The normalized spacial score (nSPS) is 14.1. The standard InChI is InChI=1S/C18H26N4O6/c1-26-15(23)14-13(12(10-20-14)9-11-7-5-4-6-8-11)21-16(19)22(17(24)27-2)18(25)28-3/h10-11,20H,4-9H2,1-3H3,(H2,19,21). The zero-order chi connectivity index (χ0) is 20.7. The summed E-state index contributed by atoms with van der Waals surface area (Å²) >= 11 is 0. The summed E-state index contributed by atoms with van der Waals surface area (Å²) in [5.74, 6) is -0.775. The number of hydrogen-bond acceptors (Lipinski definition) is 7. The number of hydrogen-bond donors (Lipinski definition) is 3. The van der Waals surface area contributed by atoms with Crippen LogP contribution >= 0.6 is 0 Å². The number of H-pyrrole nitrogens is 1. The highest BCUT2D eigenvalue weighted by molar-refractivity contribution is 6.13. The van der Waals surface area contributed by atoms with E-state index in [0.717, 1.165) is 45.5 Å². The third kappa shape index (κ3) is 4.81. The van der Waals surface area contributed by atoms with Gasteiger partial charge in [-0.05, 0) is 17.9 Å². The fourth-order valence-electron chi connectivity index (χ4n) is 3.35. The van der Waals surface area contributed by atoms with Crippen LogP contribution in [0.15, 0.2) is 6.20 Å². The van der Waals surface area contributed by atoms with E-state index in [0.29, 0.717) is 22.9 Å². The average Bonchev–Trinajstić information content (AvgIpc) is 3.09. The van der Waals surface area contributed by atoms with Gasteiger partial charge in [0.05, 0.1) is 27.0 Å². The molecule has 10 heteroatoms. The Morgan fingerprint density at radius 3 is 2.25 bits per heavy atom. The van der Waals surface area contributed by atoms with Crippen molar-refractivity contribution in [3.8, 4) is 0 Å². The van der Waals surface area contributed by atoms with Crippen molar-refractivity contribution in [2.45, 2.75) is 38.5 Å². The maximum Gasteiger partial charge on any atom is 0.426 e. The Hall–Kier alpha value is -3.04. The second-order valence-electron chi connectivity index (χ2n) is 6.51. The van der Waals surface area contributed by atoms with Crippen LogP contribution in [0, 0.1) is 11.3 Å². The van der Waals surface area contributed by atoms with Crippen molar-refractivity contribution in [1.29, 1.82) is 5.41 Å². The van der Waals surface area contributed by atoms with Crippen LogP contribution in [-0.4, -0.2) is 55.3 Å². The Labute approximate surface area is 163 Å². The molecule has 1 fully saturated rings. The zero-order valence-corrected chi connectivity index (χ0v) is 16.3. The molecular weight excluding hydrogens is 368 g/mol. The molecule has 0 unspecified atom stereocenters. The highest BCUT2D eigenvalue weighted by atomic mass is 16.6. The number of nitrogens with zero attached hydrogens (tertiary/aromatic N) is 1. The van der Waals surface area contributed by atoms with Crippen LogP contribution in [0.3, 0.4) is 0 Å². The summed E-state index contributed by atoms with van der Waals surface area (Å²) in [5.41, 5.74) is 1.17. The van der Waals surface area contributed by atoms with Crippen molar-refractivity contribution >= 4 is 29.8 Å². The largest absolute Gasteiger partial charge is 0.464 e. The van der Waals surface area contributed by atoms with Gasteiger partial charge in [-0.25, -0.2) is 14.4 Å². The molecule has 1 heterocycles. The molecule has 1 aliphatic rings. The van der Waals surface area contributed by atoms with Crippen molar-refractivity contribution in [3.05, 3.63) is 17.5 Å². The second kappa shape index (κ2) is 9.77. The molecule has 0 atom stereocenters. The van der Waals surface area contributed by atoms with Gasteiger partial charge in [0.25, 0.3) is 0 Å². The topological polar surface area (TPSA) is 134 Å². The molecule has 0 saturated heterocycles. The maximum absolute atomic E-state index is 12.1. The minimum atomic E-state index is -1.09. The number of aromatic nitrogens is 1. The smallest absolute Gasteiger partial charge is 0.426 e. The van der Waals surface area contributed by atoms with E-state index in [1.165, 1.54) is 13.5 Å². The van der Waals surface area contributed by atoms with Gasteiger partial charge < -0.3 is 24.5 Å². The predicted octanol–water partition coefficient (Wildman–Crippen LogP) is 3.11. The predicted molar refractivity (Wildman–Crippen MR) is 100 cm³/mol. The van der Waals surface area contributed by atoms with E-state index in [1.807, 2.05) is 0 Å². The summed E-state index contributed by atoms with van der Waals surface area (Å²) < 4.78 is 13.8. The molecule has 0 aliphatic heterocycles. The van der Waals surface area contributed by atoms with Crippen molar-refractivity contribution in [2.75, 3.05) is 26.6 Å². The van der Waals surface area contributed by atoms with Crippen LogP contribution in [-0.2, 0) is 20.6 Å². The van der Waals surface area contributed by atoms with Crippen LogP contribution in [0.1, 0.15) is 48.2 Å². The van der Waals surface area contributed by atoms with Crippen molar-refractivity contribution in [2.24, 2.45) is 5.92 Å². The van der Waals surface area contributed by atoms with Gasteiger partial charge in [0.1, 0.15) is 5.69 Å². The van der Waals surface area contributed by atoms with Crippen LogP contribution in [0.2, 0.25) is 0 Å². The van der Waals surface area contributed by atoms with E-state index in [4.69, 9.17) is 10.1 Å². The van der Waals surface area contributed by atoms with Crippen LogP contribution < -0.4 is 5.32 Å². The maximum atomic E-state index is 12.1. The van der Waals surface area contributed by atoms with Crippen molar-refractivity contribution in [1.82, 2.24) is 9.88 Å². The minimum Gasteiger partial charge on any atom is -0.464 e. The highest BCUT2D eigenvalue weighted by Gasteiger charge is 2.30. The number of carbonyl (C=O) groups excluding carboxylic acids is 3. The first-order valence-corrected chi connectivity index (χ1v) is 9.03. The van der Waals surface area contributed by atoms with Gasteiger partial charge in [0, 0.05) is 6.20 Å². The van der Waals surface area contributed by atoms with Gasteiger partial charge in [0.15, 0.2) is 0 Å². The number of guanidine groups is 1. The zero-order valence-electron chi connectivity index (χ0n) is 16.3. The van der Waals surface area contributed by atoms with Gasteiger partial charge >= 0.3 is 18.2 Å². The van der Waals surface area contributed by atoms with Gasteiger partial charge in [-0.1, -0.05) is 32.1 Å². The van der Waals surface area contributed by atoms with E-state index in [-0.39, 0.29) is 5.69 Å². The molecule has 1 aromatic heterocycles. The first-order valence-electron chi connectivity index (χ1n) is 9.03. The lowest BCUT2D eigenvalue weighted by atomic mass is 9.85. The fraction of sp³-hybridized carbons (Fsp3) is 0.556. The molecule has 0 bridgehead atoms. The van der Waals surface area contributed by atoms with E-state index < -0.39 is 24.1 Å². The van der Waals surface area contributed by atoms with E-state index >= 15 is 0 Å². The Morgan fingerprint density at radius 2 is 1.71 bits per heavy atom. The summed E-state index contributed by atoms with van der Waals surface area (Å²) in [6.45, 7) is 0. The molecule has 2 rings (SSSR count). The monoisotopic (exact) mass is 394 g/mol. The molecule has 0 aromatic carbocycles. The summed E-state index contributed by atoms with van der Waals surface area (Å²) in [6, 6.07) is 0. The lowest BCUT2D eigenvalue weighted by Gasteiger charge is -2.23. The van der Waals surface area contributed by atoms with Gasteiger partial charge in [0.2, 0.25) is 5.96 Å². The average molecular weight is 394 g/mol. The molecular formula is C18H26N4O6. The number of rotatable bonds is 4. The number of carbonyl (C=O) groups is 3. The number of nitrogens with one attached hydrogen (secondary N) is 3. The molecule has 1 aliphatic carbocycles. The van der Waals surface area contributed by atoms with Gasteiger partial charge in [-0.2, -0.15) is 0 Å².